The van der Waals surface area contributed by atoms with Crippen molar-refractivity contribution in [2.24, 2.45) is 20.7 Å². The van der Waals surface area contributed by atoms with Crippen LogP contribution in [0.1, 0.15) is 0 Å². The van der Waals surface area contributed by atoms with Crippen molar-refractivity contribution >= 4 is 0 Å². The lowest BCUT2D eigenvalue weighted by Gasteiger charge is -2.11. The summed E-state index contributed by atoms with van der Waals surface area (Å²) in [7, 11) is 1.95. The summed E-state index contributed by atoms with van der Waals surface area (Å²) < 4.78 is 0. The lowest BCUT2D eigenvalue weighted by molar-refractivity contribution is 0.619. The number of hydrogen-bond acceptors (Lipinski definition) is 5. The summed E-state index contributed by atoms with van der Waals surface area (Å²) in [5.41, 5.74) is 0.929. The highest BCUT2D eigenvalue weighted by Gasteiger charge is 2.06. The fourth-order valence-corrected chi connectivity index (χ4v) is 0.910. The summed E-state index contributed by atoms with van der Waals surface area (Å²) in [5.74, 6) is 0.565. The summed E-state index contributed by atoms with van der Waals surface area (Å²) in [6.45, 7) is 0. The molecule has 2 rings (SSSR count). The van der Waals surface area contributed by atoms with Gasteiger partial charge in [0.05, 0.1) is 0 Å². The Bertz CT molecular complexity index is 304. The topological polar surface area (TPSA) is 52.7 Å². The van der Waals surface area contributed by atoms with Crippen LogP contribution in [0.3, 0.4) is 0 Å². The average molecular weight is 161 g/mol. The van der Waals surface area contributed by atoms with Gasteiger partial charge in [0.25, 0.3) is 0 Å². The van der Waals surface area contributed by atoms with Gasteiger partial charge < -0.3 is 4.90 Å². The minimum Gasteiger partial charge on any atom is -0.357 e. The molecule has 0 spiro atoms. The molecule has 5 nitrogen and oxygen atoms in total. The van der Waals surface area contributed by atoms with Crippen LogP contribution >= 0.6 is 0 Å². The molecular weight excluding hydrogens is 154 g/mol. The lowest BCUT2D eigenvalue weighted by atomic mass is 10.2. The van der Waals surface area contributed by atoms with Crippen LogP contribution in [-0.2, 0) is 0 Å². The second kappa shape index (κ2) is 2.69. The molecule has 0 aromatic rings. The van der Waals surface area contributed by atoms with E-state index in [4.69, 9.17) is 0 Å². The van der Waals surface area contributed by atoms with E-state index in [1.165, 1.54) is 0 Å². The Morgan fingerprint density at radius 2 is 1.67 bits per heavy atom. The van der Waals surface area contributed by atoms with Gasteiger partial charge in [0.15, 0.2) is 0 Å². The third-order valence-electron chi connectivity index (χ3n) is 1.56. The van der Waals surface area contributed by atoms with Gasteiger partial charge in [-0.15, -0.1) is 10.2 Å². The van der Waals surface area contributed by atoms with Gasteiger partial charge in [-0.25, -0.2) is 0 Å². The van der Waals surface area contributed by atoms with E-state index in [0.29, 0.717) is 5.82 Å². The quantitative estimate of drug-likeness (QED) is 0.536. The van der Waals surface area contributed by atoms with Crippen molar-refractivity contribution in [3.8, 4) is 0 Å². The Labute approximate surface area is 69.5 Å². The van der Waals surface area contributed by atoms with E-state index >= 15 is 0 Å². The molecule has 60 valence electrons. The maximum Gasteiger partial charge on any atom is 0.207 e. The highest BCUT2D eigenvalue weighted by atomic mass is 15.5. The Hall–Kier alpha value is -1.78. The maximum atomic E-state index is 3.73. The van der Waals surface area contributed by atoms with E-state index in [0.717, 1.165) is 5.57 Å². The van der Waals surface area contributed by atoms with E-state index in [2.05, 4.69) is 20.7 Å². The summed E-state index contributed by atoms with van der Waals surface area (Å²) in [6, 6.07) is 0. The van der Waals surface area contributed by atoms with Crippen LogP contribution < -0.4 is 0 Å². The Balaban J connectivity index is 2.32. The predicted molar refractivity (Wildman–Crippen MR) is 42.8 cm³/mol. The zero-order chi connectivity index (χ0) is 8.39. The molecule has 5 heteroatoms. The van der Waals surface area contributed by atoms with Gasteiger partial charge >= 0.3 is 0 Å². The zero-order valence-electron chi connectivity index (χ0n) is 6.55. The summed E-state index contributed by atoms with van der Waals surface area (Å²) >= 11 is 0. The molecule has 0 unspecified atom stereocenters. The first-order chi connectivity index (χ1) is 5.86. The van der Waals surface area contributed by atoms with E-state index in [1.807, 2.05) is 36.5 Å². The number of rotatable bonds is 0. The fourth-order valence-electron chi connectivity index (χ4n) is 0.910. The third kappa shape index (κ3) is 1.16. The molecule has 0 amide bonds. The normalized spacial score (nSPS) is 19.9. The van der Waals surface area contributed by atoms with Crippen molar-refractivity contribution in [3.63, 3.8) is 0 Å². The van der Waals surface area contributed by atoms with Gasteiger partial charge in [0.2, 0.25) is 5.82 Å². The van der Waals surface area contributed by atoms with Crippen molar-refractivity contribution in [2.75, 3.05) is 7.05 Å². The van der Waals surface area contributed by atoms with E-state index in [9.17, 15) is 0 Å². The molecule has 0 aromatic heterocycles. The van der Waals surface area contributed by atoms with Gasteiger partial charge in [0, 0.05) is 25.0 Å². The van der Waals surface area contributed by atoms with Crippen LogP contribution in [0.15, 0.2) is 56.6 Å². The Kier molecular flexibility index (Phi) is 1.55. The second-order valence-electron chi connectivity index (χ2n) is 2.45. The van der Waals surface area contributed by atoms with Gasteiger partial charge in [-0.3, -0.25) is 0 Å². The van der Waals surface area contributed by atoms with Gasteiger partial charge in [-0.2, -0.15) is 0 Å². The smallest absolute Gasteiger partial charge is 0.207 e. The molecule has 2 aliphatic heterocycles. The van der Waals surface area contributed by atoms with Gasteiger partial charge in [-0.05, 0) is 22.6 Å². The number of nitrogens with zero attached hydrogens (tertiary/aromatic N) is 5. The Morgan fingerprint density at radius 3 is 2.25 bits per heavy atom. The van der Waals surface area contributed by atoms with E-state index in [1.54, 1.807) is 0 Å². The Morgan fingerprint density at radius 1 is 1.08 bits per heavy atom. The molecule has 0 atom stereocenters. The summed E-state index contributed by atoms with van der Waals surface area (Å²) in [4.78, 5) is 1.94. The van der Waals surface area contributed by atoms with E-state index < -0.39 is 0 Å². The van der Waals surface area contributed by atoms with Crippen LogP contribution in [0.5, 0.6) is 0 Å². The highest BCUT2D eigenvalue weighted by molar-refractivity contribution is 5.37. The molecule has 0 saturated carbocycles. The zero-order valence-corrected chi connectivity index (χ0v) is 6.55. The molecule has 12 heavy (non-hydrogen) atoms. The highest BCUT2D eigenvalue weighted by Crippen LogP contribution is 2.19. The summed E-state index contributed by atoms with van der Waals surface area (Å²) in [6.07, 6.45) is 7.68. The molecule has 0 aromatic carbocycles. The SMILES string of the molecule is CN1C=CC(=C2N=NN=N2)C=C1. The molecule has 2 aliphatic rings. The minimum absolute atomic E-state index is 0.565. The van der Waals surface area contributed by atoms with Crippen molar-refractivity contribution < 1.29 is 0 Å². The molecule has 0 fully saturated rings. The molecule has 0 N–H and O–H groups in total. The lowest BCUT2D eigenvalue weighted by Crippen LogP contribution is -2.03. The summed E-state index contributed by atoms with van der Waals surface area (Å²) in [5, 5.41) is 14.3. The van der Waals surface area contributed by atoms with Crippen LogP contribution in [0, 0.1) is 0 Å². The first kappa shape index (κ1) is 6.90. The third-order valence-corrected chi connectivity index (χ3v) is 1.56. The molecule has 0 aliphatic carbocycles. The second-order valence-corrected chi connectivity index (χ2v) is 2.45. The van der Waals surface area contributed by atoms with Gasteiger partial charge in [0.1, 0.15) is 0 Å². The molecular formula is C7H7N5. The van der Waals surface area contributed by atoms with Crippen LogP contribution in [0.4, 0.5) is 0 Å². The van der Waals surface area contributed by atoms with E-state index in [-0.39, 0.29) is 0 Å². The van der Waals surface area contributed by atoms with Crippen LogP contribution in [0.2, 0.25) is 0 Å². The molecule has 0 radical (unpaired) electrons. The number of hydrogen-bond donors (Lipinski definition) is 0. The first-order valence-corrected chi connectivity index (χ1v) is 3.50. The first-order valence-electron chi connectivity index (χ1n) is 3.50. The molecule has 0 bridgehead atoms. The molecule has 2 heterocycles. The van der Waals surface area contributed by atoms with Crippen LogP contribution in [-0.4, -0.2) is 11.9 Å². The standard InChI is InChI=1S/C7H7N5/c1-12-4-2-6(3-5-12)7-8-10-11-9-7/h2-5H,1H3. The average Bonchev–Trinajstić information content (AvgIpc) is 2.58. The largest absolute Gasteiger partial charge is 0.357 e. The van der Waals surface area contributed by atoms with Crippen molar-refractivity contribution in [2.45, 2.75) is 0 Å². The van der Waals surface area contributed by atoms with Crippen molar-refractivity contribution in [1.29, 1.82) is 0 Å². The maximum absolute atomic E-state index is 3.73. The van der Waals surface area contributed by atoms with Gasteiger partial charge in [-0.1, -0.05) is 0 Å². The molecule has 0 saturated heterocycles. The fraction of sp³-hybridized carbons (Fsp3) is 0.143. The van der Waals surface area contributed by atoms with Crippen LogP contribution in [0.25, 0.3) is 0 Å². The van der Waals surface area contributed by atoms with Crippen molar-refractivity contribution in [1.82, 2.24) is 4.90 Å². The number of allylic oxidation sites excluding steroid dienone is 3. The monoisotopic (exact) mass is 161 g/mol. The van der Waals surface area contributed by atoms with Crippen molar-refractivity contribution in [3.05, 3.63) is 35.9 Å². The predicted octanol–water partition coefficient (Wildman–Crippen LogP) is 2.00. The minimum atomic E-state index is 0.565.